The fourth-order valence-electron chi connectivity index (χ4n) is 4.23. The third-order valence-corrected chi connectivity index (χ3v) is 6.94. The molecule has 2 heterocycles. The summed E-state index contributed by atoms with van der Waals surface area (Å²) >= 11 is 1.39. The largest absolute Gasteiger partial charge is 0.497 e. The van der Waals surface area contributed by atoms with Gasteiger partial charge in [-0.05, 0) is 23.8 Å². The van der Waals surface area contributed by atoms with Gasteiger partial charge in [0.25, 0.3) is 5.91 Å². The van der Waals surface area contributed by atoms with Gasteiger partial charge in [0.1, 0.15) is 5.75 Å². The summed E-state index contributed by atoms with van der Waals surface area (Å²) in [5.74, 6) is 0.715. The lowest BCUT2D eigenvalue weighted by Crippen LogP contribution is -2.49. The van der Waals surface area contributed by atoms with Gasteiger partial charge in [-0.1, -0.05) is 54.6 Å². The molecule has 0 aromatic heterocycles. The zero-order valence-corrected chi connectivity index (χ0v) is 17.3. The van der Waals surface area contributed by atoms with Crippen LogP contribution in [0.25, 0.3) is 0 Å². The maximum atomic E-state index is 14.0. The molecule has 0 radical (unpaired) electrons. The van der Waals surface area contributed by atoms with Crippen molar-refractivity contribution in [3.63, 3.8) is 0 Å². The summed E-state index contributed by atoms with van der Waals surface area (Å²) in [6.45, 7) is 0.457. The monoisotopic (exact) mass is 416 g/mol. The molecule has 1 unspecified atom stereocenters. The quantitative estimate of drug-likeness (QED) is 0.640. The standard InChI is InChI=1S/C24H20N2O3S/c1-29-19-11-7-10-18(14-19)26-22(27)16-30-24(26)20-12-5-6-13-21(20)25(23(24)28)15-17-8-3-2-4-9-17/h2-14H,15-16H2,1H3. The Morgan fingerprint density at radius 3 is 2.53 bits per heavy atom. The Kier molecular flexibility index (Phi) is 4.51. The number of benzene rings is 3. The van der Waals surface area contributed by atoms with Crippen molar-refractivity contribution in [1.29, 1.82) is 0 Å². The van der Waals surface area contributed by atoms with Crippen molar-refractivity contribution in [3.8, 4) is 5.75 Å². The Bertz CT molecular complexity index is 1130. The summed E-state index contributed by atoms with van der Waals surface area (Å²) in [4.78, 5) is 29.3. The van der Waals surface area contributed by atoms with Crippen LogP contribution in [-0.4, -0.2) is 24.7 Å². The Hall–Kier alpha value is -3.25. The van der Waals surface area contributed by atoms with Crippen LogP contribution >= 0.6 is 11.8 Å². The normalized spacial score (nSPS) is 20.2. The number of ether oxygens (including phenoxy) is 1. The predicted octanol–water partition coefficient (Wildman–Crippen LogP) is 4.17. The number of rotatable bonds is 4. The number of fused-ring (bicyclic) bond motifs is 2. The third-order valence-electron chi connectivity index (χ3n) is 5.56. The van der Waals surface area contributed by atoms with E-state index < -0.39 is 4.87 Å². The van der Waals surface area contributed by atoms with Gasteiger partial charge in [0, 0.05) is 17.3 Å². The molecule has 30 heavy (non-hydrogen) atoms. The number of amides is 2. The van der Waals surface area contributed by atoms with Crippen LogP contribution in [0.5, 0.6) is 5.75 Å². The van der Waals surface area contributed by atoms with Crippen molar-refractivity contribution in [2.45, 2.75) is 11.4 Å². The third kappa shape index (κ3) is 2.71. The van der Waals surface area contributed by atoms with Crippen LogP contribution in [0.2, 0.25) is 0 Å². The number of anilines is 2. The van der Waals surface area contributed by atoms with E-state index in [9.17, 15) is 9.59 Å². The maximum Gasteiger partial charge on any atom is 0.269 e. The molecule has 0 aliphatic carbocycles. The highest BCUT2D eigenvalue weighted by molar-refractivity contribution is 8.02. The Morgan fingerprint density at radius 2 is 1.73 bits per heavy atom. The number of methoxy groups -OCH3 is 1. The first-order chi connectivity index (χ1) is 14.6. The Labute approximate surface area is 179 Å². The molecule has 2 amide bonds. The summed E-state index contributed by atoms with van der Waals surface area (Å²) < 4.78 is 5.36. The zero-order valence-electron chi connectivity index (χ0n) is 16.4. The van der Waals surface area contributed by atoms with Gasteiger partial charge in [0.15, 0.2) is 0 Å². The van der Waals surface area contributed by atoms with E-state index in [1.54, 1.807) is 23.0 Å². The molecule has 150 valence electrons. The van der Waals surface area contributed by atoms with Gasteiger partial charge in [-0.2, -0.15) is 0 Å². The lowest BCUT2D eigenvalue weighted by atomic mass is 10.0. The fraction of sp³-hybridized carbons (Fsp3) is 0.167. The van der Waals surface area contributed by atoms with Gasteiger partial charge in [-0.25, -0.2) is 0 Å². The highest BCUT2D eigenvalue weighted by Crippen LogP contribution is 2.56. The van der Waals surface area contributed by atoms with Crippen LogP contribution in [0, 0.1) is 0 Å². The van der Waals surface area contributed by atoms with E-state index >= 15 is 0 Å². The molecule has 6 heteroatoms. The molecule has 0 N–H and O–H groups in total. The molecule has 0 saturated carbocycles. The smallest absolute Gasteiger partial charge is 0.269 e. The van der Waals surface area contributed by atoms with Crippen LogP contribution in [0.3, 0.4) is 0 Å². The van der Waals surface area contributed by atoms with Crippen molar-refractivity contribution in [3.05, 3.63) is 90.0 Å². The van der Waals surface area contributed by atoms with Crippen molar-refractivity contribution < 1.29 is 14.3 Å². The molecule has 5 nitrogen and oxygen atoms in total. The number of para-hydroxylation sites is 1. The summed E-state index contributed by atoms with van der Waals surface area (Å²) in [6, 6.07) is 25.0. The van der Waals surface area contributed by atoms with Crippen LogP contribution in [0.15, 0.2) is 78.9 Å². The molecule has 1 atom stereocenters. The SMILES string of the molecule is COc1cccc(N2C(=O)CSC23C(=O)N(Cc2ccccc2)c2ccccc23)c1. The second kappa shape index (κ2) is 7.22. The number of nitrogens with zero attached hydrogens (tertiary/aromatic N) is 2. The highest BCUT2D eigenvalue weighted by Gasteiger charge is 2.60. The fourth-order valence-corrected chi connectivity index (χ4v) is 5.59. The van der Waals surface area contributed by atoms with E-state index in [0.29, 0.717) is 18.0 Å². The second-order valence-corrected chi connectivity index (χ2v) is 8.43. The lowest BCUT2D eigenvalue weighted by Gasteiger charge is -2.33. The van der Waals surface area contributed by atoms with Crippen LogP contribution < -0.4 is 14.5 Å². The second-order valence-electron chi connectivity index (χ2n) is 7.26. The number of hydrogen-bond donors (Lipinski definition) is 0. The summed E-state index contributed by atoms with van der Waals surface area (Å²) in [5, 5.41) is 0. The van der Waals surface area contributed by atoms with E-state index in [2.05, 4.69) is 0 Å². The number of carbonyl (C=O) groups is 2. The van der Waals surface area contributed by atoms with Crippen molar-refractivity contribution in [2.24, 2.45) is 0 Å². The molecule has 2 aliphatic rings. The average molecular weight is 417 g/mol. The lowest BCUT2D eigenvalue weighted by molar-refractivity contribution is -0.123. The first kappa shape index (κ1) is 18.8. The van der Waals surface area contributed by atoms with E-state index in [1.165, 1.54) is 11.8 Å². The molecule has 5 rings (SSSR count). The van der Waals surface area contributed by atoms with Gasteiger partial charge in [0.05, 0.1) is 25.1 Å². The Balaban J connectivity index is 1.65. The summed E-state index contributed by atoms with van der Waals surface area (Å²) in [5.41, 5.74) is 3.40. The minimum Gasteiger partial charge on any atom is -0.497 e. The van der Waals surface area contributed by atoms with Crippen LogP contribution in [0.4, 0.5) is 11.4 Å². The Morgan fingerprint density at radius 1 is 0.967 bits per heavy atom. The van der Waals surface area contributed by atoms with Crippen molar-refractivity contribution in [1.82, 2.24) is 0 Å². The molecule has 1 fully saturated rings. The molecular formula is C24H20N2O3S. The zero-order chi connectivity index (χ0) is 20.7. The van der Waals surface area contributed by atoms with E-state index in [-0.39, 0.29) is 17.6 Å². The van der Waals surface area contributed by atoms with Gasteiger partial charge < -0.3 is 9.64 Å². The summed E-state index contributed by atoms with van der Waals surface area (Å²) in [6.07, 6.45) is 0. The number of hydrogen-bond acceptors (Lipinski definition) is 4. The van der Waals surface area contributed by atoms with E-state index in [1.807, 2.05) is 72.8 Å². The van der Waals surface area contributed by atoms with E-state index in [0.717, 1.165) is 16.8 Å². The predicted molar refractivity (Wildman–Crippen MR) is 119 cm³/mol. The first-order valence-electron chi connectivity index (χ1n) is 9.71. The molecule has 2 aliphatic heterocycles. The maximum absolute atomic E-state index is 14.0. The molecule has 1 saturated heterocycles. The average Bonchev–Trinajstić information content (AvgIpc) is 3.26. The minimum atomic E-state index is -1.10. The molecule has 0 bridgehead atoms. The highest BCUT2D eigenvalue weighted by atomic mass is 32.2. The van der Waals surface area contributed by atoms with Crippen LogP contribution in [-0.2, 0) is 21.0 Å². The molecule has 1 spiro atoms. The number of thioether (sulfide) groups is 1. The molecule has 3 aromatic rings. The van der Waals surface area contributed by atoms with Gasteiger partial charge >= 0.3 is 0 Å². The topological polar surface area (TPSA) is 49.9 Å². The van der Waals surface area contributed by atoms with Crippen LogP contribution in [0.1, 0.15) is 11.1 Å². The van der Waals surface area contributed by atoms with Gasteiger partial charge in [-0.3, -0.25) is 14.5 Å². The molecular weight excluding hydrogens is 396 g/mol. The number of carbonyl (C=O) groups excluding carboxylic acids is 2. The van der Waals surface area contributed by atoms with Crippen molar-refractivity contribution >= 4 is 35.0 Å². The van der Waals surface area contributed by atoms with Gasteiger partial charge in [0.2, 0.25) is 10.8 Å². The van der Waals surface area contributed by atoms with E-state index in [4.69, 9.17) is 4.74 Å². The van der Waals surface area contributed by atoms with Crippen molar-refractivity contribution in [2.75, 3.05) is 22.7 Å². The molecule has 3 aromatic carbocycles. The summed E-state index contributed by atoms with van der Waals surface area (Å²) in [7, 11) is 1.59. The first-order valence-corrected chi connectivity index (χ1v) is 10.7. The van der Waals surface area contributed by atoms with Gasteiger partial charge in [-0.15, -0.1) is 11.8 Å². The minimum absolute atomic E-state index is 0.0852.